The number of pyridine rings is 1. The summed E-state index contributed by atoms with van der Waals surface area (Å²) in [5.74, 6) is 1.89. The minimum Gasteiger partial charge on any atom is -0.495 e. The molecule has 1 aromatic heterocycles. The molecule has 0 amide bonds. The van der Waals surface area contributed by atoms with Crippen molar-refractivity contribution in [1.82, 2.24) is 4.98 Å². The van der Waals surface area contributed by atoms with Crippen molar-refractivity contribution in [2.24, 2.45) is 0 Å². The topological polar surface area (TPSA) is 57.9 Å². The van der Waals surface area contributed by atoms with Gasteiger partial charge in [0.05, 0.1) is 18.4 Å². The molecule has 0 atom stereocenters. The van der Waals surface area contributed by atoms with Crippen LogP contribution in [0, 0.1) is 11.3 Å². The van der Waals surface area contributed by atoms with E-state index in [1.54, 1.807) is 7.11 Å². The van der Waals surface area contributed by atoms with Gasteiger partial charge in [0.2, 0.25) is 0 Å². The third-order valence-electron chi connectivity index (χ3n) is 3.39. The fourth-order valence-electron chi connectivity index (χ4n) is 2.14. The van der Waals surface area contributed by atoms with Gasteiger partial charge in [0.25, 0.3) is 0 Å². The zero-order valence-electron chi connectivity index (χ0n) is 11.3. The number of para-hydroxylation sites is 2. The summed E-state index contributed by atoms with van der Waals surface area (Å²) >= 11 is 0. The summed E-state index contributed by atoms with van der Waals surface area (Å²) in [5, 5.41) is 12.4. The number of nitrogens with zero attached hydrogens (tertiary/aromatic N) is 2. The fraction of sp³-hybridized carbons (Fsp3) is 0.250. The Kier molecular flexibility index (Phi) is 3.26. The van der Waals surface area contributed by atoms with Gasteiger partial charge in [-0.2, -0.15) is 5.26 Å². The molecule has 1 aliphatic carbocycles. The summed E-state index contributed by atoms with van der Waals surface area (Å²) in [5.41, 5.74) is 2.41. The first-order valence-corrected chi connectivity index (χ1v) is 6.63. The van der Waals surface area contributed by atoms with E-state index in [0.717, 1.165) is 17.1 Å². The van der Waals surface area contributed by atoms with Crippen molar-refractivity contribution in [2.45, 2.75) is 18.8 Å². The summed E-state index contributed by atoms with van der Waals surface area (Å²) in [6, 6.07) is 13.6. The number of anilines is 2. The lowest BCUT2D eigenvalue weighted by molar-refractivity contribution is 0.417. The minimum atomic E-state index is 0.542. The van der Waals surface area contributed by atoms with E-state index in [1.165, 1.54) is 12.8 Å². The Morgan fingerprint density at radius 3 is 2.75 bits per heavy atom. The van der Waals surface area contributed by atoms with Gasteiger partial charge in [-0.05, 0) is 37.1 Å². The molecule has 0 aliphatic heterocycles. The van der Waals surface area contributed by atoms with Crippen molar-refractivity contribution in [2.75, 3.05) is 12.4 Å². The molecule has 0 unspecified atom stereocenters. The van der Waals surface area contributed by atoms with Crippen LogP contribution in [-0.4, -0.2) is 12.1 Å². The van der Waals surface area contributed by atoms with Gasteiger partial charge in [0.15, 0.2) is 0 Å². The molecule has 1 aromatic carbocycles. The normalized spacial score (nSPS) is 13.6. The number of aromatic nitrogens is 1. The second-order valence-electron chi connectivity index (χ2n) is 4.84. The number of ether oxygens (including phenoxy) is 1. The first-order valence-electron chi connectivity index (χ1n) is 6.63. The fourth-order valence-corrected chi connectivity index (χ4v) is 2.14. The minimum absolute atomic E-state index is 0.542. The van der Waals surface area contributed by atoms with Crippen LogP contribution in [0.5, 0.6) is 5.75 Å². The van der Waals surface area contributed by atoms with Crippen molar-refractivity contribution in [3.05, 3.63) is 47.7 Å². The summed E-state index contributed by atoms with van der Waals surface area (Å²) in [4.78, 5) is 4.59. The molecule has 2 aromatic rings. The predicted molar refractivity (Wildman–Crippen MR) is 77.2 cm³/mol. The molecule has 0 saturated heterocycles. The number of benzene rings is 1. The maximum Gasteiger partial charge on any atom is 0.148 e. The van der Waals surface area contributed by atoms with E-state index in [9.17, 15) is 5.26 Å². The molecule has 1 aliphatic rings. The summed E-state index contributed by atoms with van der Waals surface area (Å²) < 4.78 is 5.31. The van der Waals surface area contributed by atoms with Crippen LogP contribution in [0.3, 0.4) is 0 Å². The van der Waals surface area contributed by atoms with E-state index in [4.69, 9.17) is 4.74 Å². The lowest BCUT2D eigenvalue weighted by Crippen LogP contribution is -2.01. The van der Waals surface area contributed by atoms with Gasteiger partial charge in [-0.25, -0.2) is 4.98 Å². The Bertz CT molecular complexity index is 672. The molecule has 0 spiro atoms. The van der Waals surface area contributed by atoms with Crippen LogP contribution in [0.1, 0.15) is 30.0 Å². The quantitative estimate of drug-likeness (QED) is 0.917. The lowest BCUT2D eigenvalue weighted by atomic mass is 10.2. The van der Waals surface area contributed by atoms with Gasteiger partial charge in [0, 0.05) is 11.6 Å². The van der Waals surface area contributed by atoms with Crippen LogP contribution in [0.25, 0.3) is 0 Å². The number of rotatable bonds is 4. The second-order valence-corrected chi connectivity index (χ2v) is 4.84. The van der Waals surface area contributed by atoms with Gasteiger partial charge < -0.3 is 10.1 Å². The zero-order chi connectivity index (χ0) is 13.9. The van der Waals surface area contributed by atoms with Crippen molar-refractivity contribution < 1.29 is 4.74 Å². The Morgan fingerprint density at radius 1 is 1.25 bits per heavy atom. The Labute approximate surface area is 118 Å². The third-order valence-corrected chi connectivity index (χ3v) is 3.39. The second kappa shape index (κ2) is 5.22. The molecule has 4 heteroatoms. The number of nitrogens with one attached hydrogen (secondary N) is 1. The standard InChI is InChI=1S/C16H15N3O/c1-20-15-5-3-2-4-14(15)19-16-12(10-17)8-9-13(18-16)11-6-7-11/h2-5,8-9,11H,6-7H2,1H3,(H,18,19). The van der Waals surface area contributed by atoms with Crippen molar-refractivity contribution >= 4 is 11.5 Å². The first-order chi connectivity index (χ1) is 9.81. The molecule has 1 saturated carbocycles. The van der Waals surface area contributed by atoms with E-state index in [2.05, 4.69) is 16.4 Å². The van der Waals surface area contributed by atoms with Crippen molar-refractivity contribution in [3.8, 4) is 11.8 Å². The van der Waals surface area contributed by atoms with Gasteiger partial charge in [-0.3, -0.25) is 0 Å². The maximum atomic E-state index is 9.21. The van der Waals surface area contributed by atoms with Gasteiger partial charge in [-0.1, -0.05) is 12.1 Å². The van der Waals surface area contributed by atoms with Gasteiger partial charge >= 0.3 is 0 Å². The van der Waals surface area contributed by atoms with Gasteiger partial charge in [-0.15, -0.1) is 0 Å². The molecule has 1 heterocycles. The molecular weight excluding hydrogens is 250 g/mol. The van der Waals surface area contributed by atoms with E-state index in [0.29, 0.717) is 17.3 Å². The van der Waals surface area contributed by atoms with Crippen LogP contribution < -0.4 is 10.1 Å². The molecule has 20 heavy (non-hydrogen) atoms. The highest BCUT2D eigenvalue weighted by Gasteiger charge is 2.25. The molecule has 100 valence electrons. The number of hydrogen-bond donors (Lipinski definition) is 1. The highest BCUT2D eigenvalue weighted by atomic mass is 16.5. The monoisotopic (exact) mass is 265 g/mol. The summed E-state index contributed by atoms with van der Waals surface area (Å²) in [6.45, 7) is 0. The molecule has 1 N–H and O–H groups in total. The molecule has 1 fully saturated rings. The van der Waals surface area contributed by atoms with Crippen LogP contribution in [-0.2, 0) is 0 Å². The molecule has 3 rings (SSSR count). The number of hydrogen-bond acceptors (Lipinski definition) is 4. The Morgan fingerprint density at radius 2 is 2.05 bits per heavy atom. The van der Waals surface area contributed by atoms with Gasteiger partial charge in [0.1, 0.15) is 17.6 Å². The lowest BCUT2D eigenvalue weighted by Gasteiger charge is -2.12. The third kappa shape index (κ3) is 2.43. The zero-order valence-corrected chi connectivity index (χ0v) is 11.3. The van der Waals surface area contributed by atoms with Crippen LogP contribution in [0.4, 0.5) is 11.5 Å². The Balaban J connectivity index is 1.96. The largest absolute Gasteiger partial charge is 0.495 e. The van der Waals surface area contributed by atoms with Crippen LogP contribution >= 0.6 is 0 Å². The summed E-state index contributed by atoms with van der Waals surface area (Å²) in [7, 11) is 1.62. The van der Waals surface area contributed by atoms with Crippen LogP contribution in [0.2, 0.25) is 0 Å². The van der Waals surface area contributed by atoms with E-state index < -0.39 is 0 Å². The highest BCUT2D eigenvalue weighted by Crippen LogP contribution is 2.40. The average Bonchev–Trinajstić information content (AvgIpc) is 3.32. The smallest absolute Gasteiger partial charge is 0.148 e. The highest BCUT2D eigenvalue weighted by molar-refractivity contribution is 5.68. The molecule has 0 bridgehead atoms. The molecule has 4 nitrogen and oxygen atoms in total. The predicted octanol–water partition coefficient (Wildman–Crippen LogP) is 3.58. The van der Waals surface area contributed by atoms with E-state index in [-0.39, 0.29) is 0 Å². The van der Waals surface area contributed by atoms with Crippen LogP contribution in [0.15, 0.2) is 36.4 Å². The SMILES string of the molecule is COc1ccccc1Nc1nc(C2CC2)ccc1C#N. The number of nitriles is 1. The van der Waals surface area contributed by atoms with E-state index >= 15 is 0 Å². The summed E-state index contributed by atoms with van der Waals surface area (Å²) in [6.07, 6.45) is 2.37. The molecule has 0 radical (unpaired) electrons. The Hall–Kier alpha value is -2.54. The molecular formula is C16H15N3O. The number of methoxy groups -OCH3 is 1. The van der Waals surface area contributed by atoms with E-state index in [1.807, 2.05) is 36.4 Å². The van der Waals surface area contributed by atoms with Crippen molar-refractivity contribution in [3.63, 3.8) is 0 Å². The average molecular weight is 265 g/mol. The van der Waals surface area contributed by atoms with Crippen molar-refractivity contribution in [1.29, 1.82) is 5.26 Å². The maximum absolute atomic E-state index is 9.21. The first kappa shape index (κ1) is 12.5.